The molecule has 4 nitrogen and oxygen atoms in total. The molecule has 4 heteroatoms. The van der Waals surface area contributed by atoms with Gasteiger partial charge in [0.25, 0.3) is 0 Å². The molecular formula is C16H19N3O. The summed E-state index contributed by atoms with van der Waals surface area (Å²) in [5.74, 6) is 0.0591. The van der Waals surface area contributed by atoms with Gasteiger partial charge in [-0.3, -0.25) is 4.79 Å². The molecule has 1 atom stereocenters. The summed E-state index contributed by atoms with van der Waals surface area (Å²) in [6.07, 6.45) is 4.53. The molecule has 0 spiro atoms. The topological polar surface area (TPSA) is 48.5 Å². The van der Waals surface area contributed by atoms with Gasteiger partial charge in [0.2, 0.25) is 5.91 Å². The fraction of sp³-hybridized carbons (Fsp3) is 0.375. The first-order chi connectivity index (χ1) is 9.48. The third-order valence-electron chi connectivity index (χ3n) is 3.67. The Hall–Kier alpha value is -2.10. The van der Waals surface area contributed by atoms with Gasteiger partial charge in [-0.05, 0) is 17.7 Å². The lowest BCUT2D eigenvalue weighted by Crippen LogP contribution is -2.36. The second-order valence-electron chi connectivity index (χ2n) is 6.24. The average Bonchev–Trinajstić information content (AvgIpc) is 3.04. The molecule has 1 aliphatic rings. The first-order valence-corrected chi connectivity index (χ1v) is 6.90. The Labute approximate surface area is 118 Å². The molecule has 1 aliphatic heterocycles. The number of nitrogens with one attached hydrogen (secondary N) is 1. The average molecular weight is 269 g/mol. The van der Waals surface area contributed by atoms with Gasteiger partial charge in [-0.2, -0.15) is 5.10 Å². The predicted molar refractivity (Wildman–Crippen MR) is 80.4 cm³/mol. The Bertz CT molecular complexity index is 678. The smallest absolute Gasteiger partial charge is 0.248 e. The number of hydrogen-bond donors (Lipinski definition) is 1. The summed E-state index contributed by atoms with van der Waals surface area (Å²) >= 11 is 0. The molecule has 2 aromatic rings. The number of nitrogens with zero attached hydrogens (tertiary/aromatic N) is 2. The molecule has 0 fully saturated rings. The number of amides is 1. The summed E-state index contributed by atoms with van der Waals surface area (Å²) in [6, 6.07) is 8.21. The second-order valence-corrected chi connectivity index (χ2v) is 6.24. The molecule has 20 heavy (non-hydrogen) atoms. The van der Waals surface area contributed by atoms with Gasteiger partial charge in [-0.15, -0.1) is 0 Å². The van der Waals surface area contributed by atoms with E-state index in [4.69, 9.17) is 0 Å². The van der Waals surface area contributed by atoms with Crippen LogP contribution < -0.4 is 0 Å². The minimum absolute atomic E-state index is 0.00113. The maximum absolute atomic E-state index is 12.5. The molecule has 1 N–H and O–H groups in total. The quantitative estimate of drug-likeness (QED) is 0.846. The predicted octanol–water partition coefficient (Wildman–Crippen LogP) is 3.47. The molecule has 0 saturated heterocycles. The highest BCUT2D eigenvalue weighted by molar-refractivity contribution is 5.87. The van der Waals surface area contributed by atoms with E-state index in [9.17, 15) is 4.79 Å². The zero-order valence-corrected chi connectivity index (χ0v) is 12.1. The Kier molecular flexibility index (Phi) is 2.89. The standard InChI is InChI=1S/C16H19N3O/c1-16(2,3)15(20)19-14(8-10-18-19)12-5-4-6-13-11(12)7-9-17-13/h4-7,9-10,14,17H,8H2,1-3H3/t14-/m0/s1. The number of carbonyl (C=O) groups excluding carboxylic acids is 1. The van der Waals surface area contributed by atoms with E-state index in [1.165, 1.54) is 0 Å². The molecule has 2 heterocycles. The summed E-state index contributed by atoms with van der Waals surface area (Å²) in [5, 5.41) is 7.10. The van der Waals surface area contributed by atoms with Crippen LogP contribution in [0.1, 0.15) is 38.8 Å². The summed E-state index contributed by atoms with van der Waals surface area (Å²) in [7, 11) is 0. The molecule has 3 rings (SSSR count). The molecule has 0 bridgehead atoms. The minimum atomic E-state index is -0.425. The van der Waals surface area contributed by atoms with Crippen LogP contribution in [0, 0.1) is 5.41 Å². The zero-order chi connectivity index (χ0) is 14.3. The van der Waals surface area contributed by atoms with E-state index in [0.29, 0.717) is 0 Å². The van der Waals surface area contributed by atoms with E-state index in [2.05, 4.69) is 22.2 Å². The van der Waals surface area contributed by atoms with Crippen LogP contribution in [0.3, 0.4) is 0 Å². The second kappa shape index (κ2) is 4.47. The zero-order valence-electron chi connectivity index (χ0n) is 12.1. The van der Waals surface area contributed by atoms with E-state index in [1.807, 2.05) is 45.3 Å². The van der Waals surface area contributed by atoms with Gasteiger partial charge in [0, 0.05) is 35.2 Å². The molecule has 0 radical (unpaired) electrons. The van der Waals surface area contributed by atoms with Crippen molar-refractivity contribution in [2.24, 2.45) is 10.5 Å². The normalized spacial score (nSPS) is 18.9. The van der Waals surface area contributed by atoms with Gasteiger partial charge < -0.3 is 4.98 Å². The van der Waals surface area contributed by atoms with Gasteiger partial charge in [0.15, 0.2) is 0 Å². The fourth-order valence-corrected chi connectivity index (χ4v) is 2.61. The van der Waals surface area contributed by atoms with Crippen molar-refractivity contribution in [1.82, 2.24) is 9.99 Å². The monoisotopic (exact) mass is 269 g/mol. The Morgan fingerprint density at radius 2 is 2.15 bits per heavy atom. The van der Waals surface area contributed by atoms with E-state index in [-0.39, 0.29) is 11.9 Å². The van der Waals surface area contributed by atoms with Crippen LogP contribution in [-0.2, 0) is 4.79 Å². The van der Waals surface area contributed by atoms with Crippen molar-refractivity contribution < 1.29 is 4.79 Å². The first-order valence-electron chi connectivity index (χ1n) is 6.90. The number of rotatable bonds is 1. The van der Waals surface area contributed by atoms with Crippen molar-refractivity contribution in [2.45, 2.75) is 33.2 Å². The lowest BCUT2D eigenvalue weighted by Gasteiger charge is -2.28. The van der Waals surface area contributed by atoms with Crippen molar-refractivity contribution in [1.29, 1.82) is 0 Å². The Balaban J connectivity index is 2.02. The summed E-state index contributed by atoms with van der Waals surface area (Å²) in [6.45, 7) is 5.78. The van der Waals surface area contributed by atoms with E-state index >= 15 is 0 Å². The molecule has 1 aromatic carbocycles. The molecule has 0 unspecified atom stereocenters. The van der Waals surface area contributed by atoms with Crippen LogP contribution in [-0.4, -0.2) is 22.1 Å². The highest BCUT2D eigenvalue weighted by atomic mass is 16.2. The Morgan fingerprint density at radius 1 is 1.35 bits per heavy atom. The van der Waals surface area contributed by atoms with Crippen LogP contribution >= 0.6 is 0 Å². The lowest BCUT2D eigenvalue weighted by molar-refractivity contribution is -0.141. The van der Waals surface area contributed by atoms with E-state index < -0.39 is 5.41 Å². The number of benzene rings is 1. The van der Waals surface area contributed by atoms with Gasteiger partial charge in [0.1, 0.15) is 0 Å². The SMILES string of the molecule is CC(C)(C)C(=O)N1N=CC[C@H]1c1cccc2[nH]ccc12. The molecule has 1 aromatic heterocycles. The molecule has 0 aliphatic carbocycles. The van der Waals surface area contributed by atoms with Crippen molar-refractivity contribution in [3.05, 3.63) is 36.0 Å². The molecule has 0 saturated carbocycles. The number of carbonyl (C=O) groups is 1. The Morgan fingerprint density at radius 3 is 2.90 bits per heavy atom. The third-order valence-corrected chi connectivity index (χ3v) is 3.67. The molecule has 1 amide bonds. The van der Waals surface area contributed by atoms with Crippen LogP contribution in [0.25, 0.3) is 10.9 Å². The van der Waals surface area contributed by atoms with Gasteiger partial charge in [-0.1, -0.05) is 32.9 Å². The number of H-pyrrole nitrogens is 1. The minimum Gasteiger partial charge on any atom is -0.361 e. The maximum Gasteiger partial charge on any atom is 0.248 e. The van der Waals surface area contributed by atoms with Crippen molar-refractivity contribution in [2.75, 3.05) is 0 Å². The summed E-state index contributed by atoms with van der Waals surface area (Å²) in [5.41, 5.74) is 1.82. The van der Waals surface area contributed by atoms with Crippen molar-refractivity contribution in [3.8, 4) is 0 Å². The first kappa shape index (κ1) is 12.9. The van der Waals surface area contributed by atoms with E-state index in [0.717, 1.165) is 22.9 Å². The highest BCUT2D eigenvalue weighted by Gasteiger charge is 2.35. The molecule has 104 valence electrons. The van der Waals surface area contributed by atoms with E-state index in [1.54, 1.807) is 5.01 Å². The fourth-order valence-electron chi connectivity index (χ4n) is 2.61. The van der Waals surface area contributed by atoms with Crippen LogP contribution in [0.5, 0.6) is 0 Å². The maximum atomic E-state index is 12.5. The highest BCUT2D eigenvalue weighted by Crippen LogP contribution is 2.35. The van der Waals surface area contributed by atoms with Crippen LogP contribution in [0.4, 0.5) is 0 Å². The molecular weight excluding hydrogens is 250 g/mol. The number of aromatic amines is 1. The van der Waals surface area contributed by atoms with Crippen molar-refractivity contribution >= 4 is 23.0 Å². The van der Waals surface area contributed by atoms with Crippen molar-refractivity contribution in [3.63, 3.8) is 0 Å². The lowest BCUT2D eigenvalue weighted by atomic mass is 9.93. The van der Waals surface area contributed by atoms with Gasteiger partial charge >= 0.3 is 0 Å². The van der Waals surface area contributed by atoms with Gasteiger partial charge in [-0.25, -0.2) is 5.01 Å². The largest absolute Gasteiger partial charge is 0.361 e. The number of hydrazone groups is 1. The number of fused-ring (bicyclic) bond motifs is 1. The van der Waals surface area contributed by atoms with Crippen LogP contribution in [0.15, 0.2) is 35.6 Å². The van der Waals surface area contributed by atoms with Gasteiger partial charge in [0.05, 0.1) is 6.04 Å². The third kappa shape index (κ3) is 2.01. The number of hydrogen-bond acceptors (Lipinski definition) is 2. The summed E-state index contributed by atoms with van der Waals surface area (Å²) < 4.78 is 0. The summed E-state index contributed by atoms with van der Waals surface area (Å²) in [4.78, 5) is 15.7. The number of aromatic nitrogens is 1. The van der Waals surface area contributed by atoms with Crippen LogP contribution in [0.2, 0.25) is 0 Å².